The maximum Gasteiger partial charge on any atom is 0.0248 e. The Morgan fingerprint density at radius 3 is 2.18 bits per heavy atom. The van der Waals surface area contributed by atoms with Gasteiger partial charge in [0.25, 0.3) is 0 Å². The van der Waals surface area contributed by atoms with Gasteiger partial charge in [-0.1, -0.05) is 51.2 Å². The summed E-state index contributed by atoms with van der Waals surface area (Å²) in [6, 6.07) is 7.18. The lowest BCUT2D eigenvalue weighted by Gasteiger charge is -2.06. The van der Waals surface area contributed by atoms with E-state index in [9.17, 15) is 8.76 Å². The Kier molecular flexibility index (Phi) is 7.13. The molecule has 0 aliphatic carbocycles. The van der Waals surface area contributed by atoms with E-state index in [-0.39, 0.29) is 0 Å². The van der Waals surface area contributed by atoms with Gasteiger partial charge in [0.2, 0.25) is 0 Å². The molecule has 1 unspecified atom stereocenters. The third kappa shape index (κ3) is 5.99. The molecule has 3 heteroatoms. The number of unbranched alkanes of at least 4 members (excludes halogenated alkanes) is 5. The summed E-state index contributed by atoms with van der Waals surface area (Å²) >= 11 is -2.10. The largest absolute Gasteiger partial charge is 0.768 e. The zero-order valence-corrected chi connectivity index (χ0v) is 11.3. The van der Waals surface area contributed by atoms with Crippen molar-refractivity contribution >= 4 is 11.1 Å². The lowest BCUT2D eigenvalue weighted by molar-refractivity contribution is 0.537. The van der Waals surface area contributed by atoms with E-state index in [0.717, 1.165) is 6.42 Å². The monoisotopic (exact) mass is 253 g/mol. The number of hydrogen-bond acceptors (Lipinski definition) is 2. The molecule has 1 atom stereocenters. The van der Waals surface area contributed by atoms with Gasteiger partial charge in [0, 0.05) is 4.90 Å². The van der Waals surface area contributed by atoms with Crippen LogP contribution in [-0.4, -0.2) is 8.76 Å². The molecule has 1 aromatic rings. The molecule has 0 bridgehead atoms. The molecule has 0 radical (unpaired) electrons. The van der Waals surface area contributed by atoms with Gasteiger partial charge < -0.3 is 4.55 Å². The highest BCUT2D eigenvalue weighted by Gasteiger charge is 1.96. The van der Waals surface area contributed by atoms with Gasteiger partial charge in [-0.2, -0.15) is 0 Å². The highest BCUT2D eigenvalue weighted by atomic mass is 32.2. The van der Waals surface area contributed by atoms with Crippen molar-refractivity contribution < 1.29 is 8.76 Å². The zero-order valence-electron chi connectivity index (χ0n) is 10.5. The fraction of sp³-hybridized carbons (Fsp3) is 0.571. The van der Waals surface area contributed by atoms with E-state index in [1.165, 1.54) is 44.1 Å². The Hall–Kier alpha value is -0.670. The minimum atomic E-state index is -2.10. The quantitative estimate of drug-likeness (QED) is 0.522. The van der Waals surface area contributed by atoms with E-state index in [0.29, 0.717) is 4.90 Å². The topological polar surface area (TPSA) is 40.1 Å². The summed E-state index contributed by atoms with van der Waals surface area (Å²) in [7, 11) is 0. The SMILES string of the molecule is CCCCCCCCc1ccc(S(=O)[O-])cc1. The van der Waals surface area contributed by atoms with Crippen LogP contribution in [0.2, 0.25) is 0 Å². The second-order valence-corrected chi connectivity index (χ2v) is 5.34. The molecule has 0 saturated carbocycles. The zero-order chi connectivity index (χ0) is 12.5. The van der Waals surface area contributed by atoms with Crippen LogP contribution < -0.4 is 0 Å². The van der Waals surface area contributed by atoms with Crippen LogP contribution in [0.5, 0.6) is 0 Å². The average Bonchev–Trinajstić information content (AvgIpc) is 2.34. The minimum Gasteiger partial charge on any atom is -0.768 e. The van der Waals surface area contributed by atoms with Crippen LogP contribution in [0.1, 0.15) is 51.0 Å². The van der Waals surface area contributed by atoms with Gasteiger partial charge in [-0.3, -0.25) is 4.21 Å². The van der Waals surface area contributed by atoms with Crippen molar-refractivity contribution in [3.63, 3.8) is 0 Å². The molecule has 0 aliphatic heterocycles. The summed E-state index contributed by atoms with van der Waals surface area (Å²) in [6.07, 6.45) is 8.80. The average molecular weight is 253 g/mol. The van der Waals surface area contributed by atoms with Gasteiger partial charge >= 0.3 is 0 Å². The summed E-state index contributed by atoms with van der Waals surface area (Å²) < 4.78 is 21.3. The van der Waals surface area contributed by atoms with Gasteiger partial charge in [0.05, 0.1) is 0 Å². The molecule has 1 aromatic carbocycles. The molecule has 0 spiro atoms. The fourth-order valence-electron chi connectivity index (χ4n) is 1.88. The highest BCUT2D eigenvalue weighted by Crippen LogP contribution is 2.12. The van der Waals surface area contributed by atoms with Crippen LogP contribution in [0.4, 0.5) is 0 Å². The van der Waals surface area contributed by atoms with Crippen LogP contribution in [0.15, 0.2) is 29.2 Å². The van der Waals surface area contributed by atoms with Crippen LogP contribution in [0, 0.1) is 0 Å². The summed E-state index contributed by atoms with van der Waals surface area (Å²) in [5.41, 5.74) is 1.23. The van der Waals surface area contributed by atoms with Crippen LogP contribution >= 0.6 is 0 Å². The maximum absolute atomic E-state index is 10.7. The molecule has 0 saturated heterocycles. The normalized spacial score (nSPS) is 12.6. The predicted molar refractivity (Wildman–Crippen MR) is 70.7 cm³/mol. The highest BCUT2D eigenvalue weighted by molar-refractivity contribution is 7.79. The number of rotatable bonds is 8. The molecular formula is C14H21O2S-. The van der Waals surface area contributed by atoms with E-state index in [1.807, 2.05) is 12.1 Å². The molecule has 0 aliphatic rings. The van der Waals surface area contributed by atoms with Crippen molar-refractivity contribution in [3.8, 4) is 0 Å². The van der Waals surface area contributed by atoms with E-state index >= 15 is 0 Å². The molecule has 17 heavy (non-hydrogen) atoms. The first kappa shape index (κ1) is 14.4. The van der Waals surface area contributed by atoms with E-state index in [1.54, 1.807) is 12.1 Å². The first-order valence-electron chi connectivity index (χ1n) is 6.42. The van der Waals surface area contributed by atoms with Gasteiger partial charge in [-0.05, 0) is 41.6 Å². The minimum absolute atomic E-state index is 0.372. The van der Waals surface area contributed by atoms with Crippen LogP contribution in [-0.2, 0) is 17.5 Å². The van der Waals surface area contributed by atoms with Crippen molar-refractivity contribution in [1.82, 2.24) is 0 Å². The Bertz CT molecular complexity index is 333. The molecule has 1 rings (SSSR count). The smallest absolute Gasteiger partial charge is 0.0248 e. The lowest BCUT2D eigenvalue weighted by atomic mass is 10.1. The third-order valence-corrected chi connectivity index (χ3v) is 3.59. The van der Waals surface area contributed by atoms with Crippen LogP contribution in [0.25, 0.3) is 0 Å². The standard InChI is InChI=1S/C14H22O2S/c1-2-3-4-5-6-7-8-13-9-11-14(12-10-13)17(15)16/h9-12H,2-8H2,1H3,(H,15,16)/p-1. The van der Waals surface area contributed by atoms with Crippen LogP contribution in [0.3, 0.4) is 0 Å². The molecule has 96 valence electrons. The Morgan fingerprint density at radius 2 is 1.59 bits per heavy atom. The molecule has 0 amide bonds. The van der Waals surface area contributed by atoms with Gasteiger partial charge in [0.15, 0.2) is 0 Å². The Balaban J connectivity index is 2.21. The van der Waals surface area contributed by atoms with Gasteiger partial charge in [0.1, 0.15) is 0 Å². The molecule has 0 fully saturated rings. The summed E-state index contributed by atoms with van der Waals surface area (Å²) in [4.78, 5) is 0.372. The summed E-state index contributed by atoms with van der Waals surface area (Å²) in [5.74, 6) is 0. The molecule has 0 heterocycles. The number of benzene rings is 1. The summed E-state index contributed by atoms with van der Waals surface area (Å²) in [5, 5.41) is 0. The van der Waals surface area contributed by atoms with Gasteiger partial charge in [-0.25, -0.2) is 0 Å². The first-order chi connectivity index (χ1) is 8.24. The van der Waals surface area contributed by atoms with Crippen molar-refractivity contribution in [2.45, 2.75) is 56.8 Å². The molecule has 0 aromatic heterocycles. The molecular weight excluding hydrogens is 232 g/mol. The molecule has 0 N–H and O–H groups in total. The van der Waals surface area contributed by atoms with Crippen molar-refractivity contribution in [2.75, 3.05) is 0 Å². The van der Waals surface area contributed by atoms with E-state index in [2.05, 4.69) is 6.92 Å². The lowest BCUT2D eigenvalue weighted by Crippen LogP contribution is -1.90. The van der Waals surface area contributed by atoms with Crippen molar-refractivity contribution in [3.05, 3.63) is 29.8 Å². The number of hydrogen-bond donors (Lipinski definition) is 0. The van der Waals surface area contributed by atoms with E-state index in [4.69, 9.17) is 0 Å². The second-order valence-electron chi connectivity index (χ2n) is 4.40. The van der Waals surface area contributed by atoms with Gasteiger partial charge in [-0.15, -0.1) is 0 Å². The second kappa shape index (κ2) is 8.43. The maximum atomic E-state index is 10.7. The third-order valence-electron chi connectivity index (χ3n) is 2.93. The number of aryl methyl sites for hydroxylation is 1. The Labute approximate surface area is 107 Å². The molecule has 2 nitrogen and oxygen atoms in total. The first-order valence-corrected chi connectivity index (χ1v) is 7.49. The van der Waals surface area contributed by atoms with Crippen molar-refractivity contribution in [1.29, 1.82) is 0 Å². The van der Waals surface area contributed by atoms with Crippen molar-refractivity contribution in [2.24, 2.45) is 0 Å². The fourth-order valence-corrected chi connectivity index (χ4v) is 2.23. The Morgan fingerprint density at radius 1 is 1.00 bits per heavy atom. The van der Waals surface area contributed by atoms with E-state index < -0.39 is 11.1 Å². The summed E-state index contributed by atoms with van der Waals surface area (Å²) in [6.45, 7) is 2.22. The predicted octanol–water partition coefficient (Wildman–Crippen LogP) is 3.83.